The zero-order chi connectivity index (χ0) is 22.8. The highest BCUT2D eigenvalue weighted by Gasteiger charge is 2.32. The maximum absolute atomic E-state index is 14.7. The average molecular weight is 387 g/mol. The van der Waals surface area contributed by atoms with Crippen molar-refractivity contribution in [3.63, 3.8) is 0 Å². The minimum Gasteiger partial charge on any atom is -0.458 e. The SMILES string of the molecule is [2H]C([2H])([2H])C([2H])(F)Oc1ccc(C2CCC(C3CCC(CCC)CC3)CC2)c(F)c1F. The van der Waals surface area contributed by atoms with Crippen molar-refractivity contribution in [1.29, 1.82) is 0 Å². The van der Waals surface area contributed by atoms with Gasteiger partial charge in [-0.1, -0.05) is 38.7 Å². The Morgan fingerprint density at radius 1 is 1.04 bits per heavy atom. The van der Waals surface area contributed by atoms with Gasteiger partial charge in [0.05, 0.1) is 0 Å². The maximum atomic E-state index is 14.7. The maximum Gasteiger partial charge on any atom is 0.235 e. The number of halogens is 3. The summed E-state index contributed by atoms with van der Waals surface area (Å²) in [7, 11) is 0. The van der Waals surface area contributed by atoms with Crippen molar-refractivity contribution in [2.75, 3.05) is 0 Å². The van der Waals surface area contributed by atoms with Crippen molar-refractivity contribution in [3.05, 3.63) is 29.3 Å². The van der Waals surface area contributed by atoms with E-state index in [0.717, 1.165) is 43.6 Å². The van der Waals surface area contributed by atoms with Crippen LogP contribution in [-0.4, -0.2) is 6.33 Å². The summed E-state index contributed by atoms with van der Waals surface area (Å²) in [6, 6.07) is 2.37. The van der Waals surface area contributed by atoms with Crippen LogP contribution in [0.1, 0.15) is 94.9 Å². The molecule has 1 atom stereocenters. The minimum absolute atomic E-state index is 0.120. The molecule has 27 heavy (non-hydrogen) atoms. The molecular formula is C23H33F3O. The molecule has 1 nitrogen and oxygen atoms in total. The first kappa shape index (κ1) is 15.7. The van der Waals surface area contributed by atoms with Crippen LogP contribution in [0.25, 0.3) is 0 Å². The molecule has 2 aliphatic carbocycles. The Morgan fingerprint density at radius 3 is 2.26 bits per heavy atom. The molecule has 152 valence electrons. The zero-order valence-corrected chi connectivity index (χ0v) is 16.1. The van der Waals surface area contributed by atoms with Crippen molar-refractivity contribution in [1.82, 2.24) is 0 Å². The van der Waals surface area contributed by atoms with Crippen molar-refractivity contribution in [2.24, 2.45) is 17.8 Å². The number of hydrogen-bond acceptors (Lipinski definition) is 1. The molecule has 2 aliphatic rings. The Bertz CT molecular complexity index is 737. The molecule has 2 fully saturated rings. The lowest BCUT2D eigenvalue weighted by Crippen LogP contribution is -2.25. The Labute approximate surface area is 167 Å². The monoisotopic (exact) mass is 386 g/mol. The third kappa shape index (κ3) is 5.00. The van der Waals surface area contributed by atoms with Gasteiger partial charge < -0.3 is 4.74 Å². The largest absolute Gasteiger partial charge is 0.458 e. The Balaban J connectivity index is 1.60. The van der Waals surface area contributed by atoms with Gasteiger partial charge in [-0.2, -0.15) is 4.39 Å². The number of benzene rings is 1. The third-order valence-electron chi connectivity index (χ3n) is 6.74. The molecule has 3 rings (SSSR count). The topological polar surface area (TPSA) is 9.23 Å². The number of rotatable bonds is 6. The van der Waals surface area contributed by atoms with Gasteiger partial charge in [-0.25, -0.2) is 8.78 Å². The van der Waals surface area contributed by atoms with Crippen LogP contribution in [-0.2, 0) is 0 Å². The first-order valence-electron chi connectivity index (χ1n) is 12.4. The fourth-order valence-electron chi connectivity index (χ4n) is 5.30. The van der Waals surface area contributed by atoms with Crippen LogP contribution in [0.4, 0.5) is 13.2 Å². The summed E-state index contributed by atoms with van der Waals surface area (Å²) < 4.78 is 75.5. The molecule has 1 aromatic carbocycles. The van der Waals surface area contributed by atoms with Gasteiger partial charge in [0, 0.05) is 11.0 Å². The van der Waals surface area contributed by atoms with E-state index in [9.17, 15) is 13.2 Å². The van der Waals surface area contributed by atoms with Gasteiger partial charge >= 0.3 is 0 Å². The molecule has 0 saturated heterocycles. The van der Waals surface area contributed by atoms with Crippen molar-refractivity contribution in [3.8, 4) is 5.75 Å². The lowest BCUT2D eigenvalue weighted by atomic mass is 9.68. The standard InChI is InChI=1S/C23H33F3O/c1-3-4-16-5-7-17(8-6-16)18-9-11-19(12-10-18)20-13-14-21(27-15(2)24)23(26)22(20)25/h13-19H,3-12H2,1-2H3/i2D3,15D. The molecule has 2 saturated carbocycles. The zero-order valence-electron chi connectivity index (χ0n) is 20.1. The minimum atomic E-state index is -3.85. The smallest absolute Gasteiger partial charge is 0.235 e. The highest BCUT2D eigenvalue weighted by molar-refractivity contribution is 5.33. The number of alkyl halides is 1. The summed E-state index contributed by atoms with van der Waals surface area (Å²) in [5, 5.41) is 0. The molecule has 1 aromatic rings. The summed E-state index contributed by atoms with van der Waals surface area (Å²) in [5.41, 5.74) is 0.221. The second-order valence-electron chi connectivity index (χ2n) is 8.34. The van der Waals surface area contributed by atoms with Gasteiger partial charge in [-0.15, -0.1) is 0 Å². The summed E-state index contributed by atoms with van der Waals surface area (Å²) >= 11 is 0. The molecule has 0 aliphatic heterocycles. The van der Waals surface area contributed by atoms with E-state index in [-0.39, 0.29) is 11.5 Å². The van der Waals surface area contributed by atoms with Crippen LogP contribution in [0.2, 0.25) is 0 Å². The highest BCUT2D eigenvalue weighted by atomic mass is 19.2. The fraction of sp³-hybridized carbons (Fsp3) is 0.739. The molecule has 0 radical (unpaired) electrons. The van der Waals surface area contributed by atoms with Crippen LogP contribution in [0.3, 0.4) is 0 Å². The summed E-state index contributed by atoms with van der Waals surface area (Å²) in [6.07, 6.45) is 7.41. The van der Waals surface area contributed by atoms with Crippen LogP contribution in [0, 0.1) is 29.4 Å². The van der Waals surface area contributed by atoms with Crippen molar-refractivity contribution < 1.29 is 23.4 Å². The molecular weight excluding hydrogens is 349 g/mol. The highest BCUT2D eigenvalue weighted by Crippen LogP contribution is 2.45. The number of hydrogen-bond donors (Lipinski definition) is 0. The van der Waals surface area contributed by atoms with Crippen LogP contribution >= 0.6 is 0 Å². The van der Waals surface area contributed by atoms with Gasteiger partial charge in [0.15, 0.2) is 11.6 Å². The third-order valence-corrected chi connectivity index (χ3v) is 6.74. The van der Waals surface area contributed by atoms with Gasteiger partial charge in [0.2, 0.25) is 12.2 Å². The van der Waals surface area contributed by atoms with Gasteiger partial charge in [0.1, 0.15) is 1.37 Å². The lowest BCUT2D eigenvalue weighted by molar-refractivity contribution is 0.0804. The van der Waals surface area contributed by atoms with Crippen LogP contribution in [0.15, 0.2) is 12.1 Å². The van der Waals surface area contributed by atoms with Gasteiger partial charge in [-0.05, 0) is 73.8 Å². The first-order chi connectivity index (χ1) is 14.5. The van der Waals surface area contributed by atoms with Crippen molar-refractivity contribution in [2.45, 2.75) is 90.2 Å². The molecule has 0 N–H and O–H groups in total. The second kappa shape index (κ2) is 9.34. The predicted octanol–water partition coefficient (Wildman–Crippen LogP) is 7.54. The van der Waals surface area contributed by atoms with Gasteiger partial charge in [0.25, 0.3) is 0 Å². The van der Waals surface area contributed by atoms with Crippen LogP contribution in [0.5, 0.6) is 5.75 Å². The summed E-state index contributed by atoms with van der Waals surface area (Å²) in [4.78, 5) is 0. The van der Waals surface area contributed by atoms with E-state index in [1.165, 1.54) is 44.6 Å². The fourth-order valence-corrected chi connectivity index (χ4v) is 5.30. The van der Waals surface area contributed by atoms with E-state index in [1.807, 2.05) is 0 Å². The number of ether oxygens (including phenoxy) is 1. The Kier molecular flexibility index (Phi) is 5.43. The summed E-state index contributed by atoms with van der Waals surface area (Å²) in [6.45, 7) is -1.20. The van der Waals surface area contributed by atoms with E-state index >= 15 is 0 Å². The predicted molar refractivity (Wildman–Crippen MR) is 103 cm³/mol. The second-order valence-corrected chi connectivity index (χ2v) is 8.34. The summed E-state index contributed by atoms with van der Waals surface area (Å²) in [5.74, 6) is -1.34. The van der Waals surface area contributed by atoms with E-state index in [4.69, 9.17) is 5.48 Å². The molecule has 0 heterocycles. The Morgan fingerprint density at radius 2 is 1.67 bits per heavy atom. The molecule has 4 heteroatoms. The van der Waals surface area contributed by atoms with E-state index in [0.29, 0.717) is 5.92 Å². The van der Waals surface area contributed by atoms with Crippen molar-refractivity contribution >= 4 is 0 Å². The lowest BCUT2D eigenvalue weighted by Gasteiger charge is -2.38. The molecule has 0 aromatic heterocycles. The molecule has 0 amide bonds. The first-order valence-corrected chi connectivity index (χ1v) is 10.4. The van der Waals surface area contributed by atoms with E-state index in [2.05, 4.69) is 11.7 Å². The molecule has 0 bridgehead atoms. The normalized spacial score (nSPS) is 33.9. The van der Waals surface area contributed by atoms with E-state index in [1.54, 1.807) is 0 Å². The Hall–Kier alpha value is -1.19. The molecule has 0 spiro atoms. The van der Waals surface area contributed by atoms with Gasteiger partial charge in [-0.3, -0.25) is 0 Å². The van der Waals surface area contributed by atoms with E-state index < -0.39 is 30.6 Å². The quantitative estimate of drug-likeness (QED) is 0.491. The van der Waals surface area contributed by atoms with Crippen LogP contribution < -0.4 is 4.74 Å². The average Bonchev–Trinajstić information content (AvgIpc) is 2.72. The molecule has 1 unspecified atom stereocenters.